The van der Waals surface area contributed by atoms with Gasteiger partial charge in [-0.3, -0.25) is 14.8 Å². The van der Waals surface area contributed by atoms with Gasteiger partial charge in [-0.05, 0) is 18.2 Å². The lowest BCUT2D eigenvalue weighted by Crippen LogP contribution is -2.26. The number of aliphatic imine (C=N–C) groups is 1. The second-order valence-electron chi connectivity index (χ2n) is 4.39. The van der Waals surface area contributed by atoms with Gasteiger partial charge in [-0.2, -0.15) is 0 Å². The van der Waals surface area contributed by atoms with Crippen LogP contribution in [0.25, 0.3) is 0 Å². The Bertz CT molecular complexity index is 637. The molecule has 1 aliphatic rings. The van der Waals surface area contributed by atoms with Crippen molar-refractivity contribution in [1.29, 1.82) is 0 Å². The van der Waals surface area contributed by atoms with Gasteiger partial charge in [0.05, 0.1) is 11.9 Å². The molecule has 0 N–H and O–H groups in total. The summed E-state index contributed by atoms with van der Waals surface area (Å²) in [7, 11) is 1.76. The quantitative estimate of drug-likeness (QED) is 0.780. The van der Waals surface area contributed by atoms with Crippen molar-refractivity contribution in [1.82, 2.24) is 4.98 Å². The zero-order valence-corrected chi connectivity index (χ0v) is 10.5. The molecular formula is C15H13N3O. The fourth-order valence-electron chi connectivity index (χ4n) is 2.22. The number of anilines is 1. The van der Waals surface area contributed by atoms with E-state index in [0.29, 0.717) is 0 Å². The monoisotopic (exact) mass is 251 g/mol. The number of hydrogen-bond donors (Lipinski definition) is 0. The van der Waals surface area contributed by atoms with Crippen molar-refractivity contribution >= 4 is 17.8 Å². The van der Waals surface area contributed by atoms with Crippen LogP contribution in [0, 0.1) is 0 Å². The molecule has 0 saturated carbocycles. The highest BCUT2D eigenvalue weighted by atomic mass is 16.2. The second kappa shape index (κ2) is 4.65. The number of nitrogens with zero attached hydrogens (tertiary/aromatic N) is 3. The molecule has 1 unspecified atom stereocenters. The van der Waals surface area contributed by atoms with Crippen LogP contribution in [0.2, 0.25) is 0 Å². The molecule has 0 spiro atoms. The third-order valence-corrected chi connectivity index (χ3v) is 3.23. The average Bonchev–Trinajstić information content (AvgIpc) is 2.59. The van der Waals surface area contributed by atoms with Gasteiger partial charge < -0.3 is 4.90 Å². The van der Waals surface area contributed by atoms with E-state index in [9.17, 15) is 4.79 Å². The predicted molar refractivity (Wildman–Crippen MR) is 74.4 cm³/mol. The van der Waals surface area contributed by atoms with E-state index in [1.165, 1.54) is 6.21 Å². The van der Waals surface area contributed by atoms with Gasteiger partial charge in [0.2, 0.25) is 0 Å². The fourth-order valence-corrected chi connectivity index (χ4v) is 2.22. The molecular weight excluding hydrogens is 238 g/mol. The molecule has 0 fully saturated rings. The fraction of sp³-hybridized carbons (Fsp3) is 0.133. The van der Waals surface area contributed by atoms with E-state index < -0.39 is 0 Å². The van der Waals surface area contributed by atoms with Gasteiger partial charge in [0.15, 0.2) is 0 Å². The smallest absolute Gasteiger partial charge is 0.268 e. The number of rotatable bonds is 1. The Balaban J connectivity index is 2.18. The zero-order valence-electron chi connectivity index (χ0n) is 10.5. The summed E-state index contributed by atoms with van der Waals surface area (Å²) in [6, 6.07) is 13.3. The zero-order chi connectivity index (χ0) is 13.2. The highest BCUT2D eigenvalue weighted by Gasteiger charge is 2.24. The van der Waals surface area contributed by atoms with Crippen molar-refractivity contribution in [2.24, 2.45) is 4.99 Å². The molecule has 19 heavy (non-hydrogen) atoms. The molecule has 0 saturated heterocycles. The third kappa shape index (κ3) is 2.01. The Labute approximate surface area is 111 Å². The first-order valence-electron chi connectivity index (χ1n) is 6.08. The van der Waals surface area contributed by atoms with E-state index >= 15 is 0 Å². The summed E-state index contributed by atoms with van der Waals surface area (Å²) in [6.07, 6.45) is 3.11. The van der Waals surface area contributed by atoms with Crippen LogP contribution in [0.3, 0.4) is 0 Å². The number of aromatic nitrogens is 1. The Morgan fingerprint density at radius 1 is 1.11 bits per heavy atom. The summed E-state index contributed by atoms with van der Waals surface area (Å²) in [6.45, 7) is 0. The van der Waals surface area contributed by atoms with E-state index in [2.05, 4.69) is 9.98 Å². The van der Waals surface area contributed by atoms with Crippen LogP contribution in [-0.4, -0.2) is 24.2 Å². The van der Waals surface area contributed by atoms with E-state index in [-0.39, 0.29) is 11.9 Å². The number of carbonyl (C=O) groups is 1. The first-order chi connectivity index (χ1) is 9.27. The Morgan fingerprint density at radius 3 is 2.68 bits per heavy atom. The lowest BCUT2D eigenvalue weighted by atomic mass is 10.0. The van der Waals surface area contributed by atoms with Crippen LogP contribution in [0.1, 0.15) is 17.3 Å². The number of hydrogen-bond acceptors (Lipinski definition) is 3. The lowest BCUT2D eigenvalue weighted by molar-refractivity contribution is -0.111. The number of pyridine rings is 1. The maximum Gasteiger partial charge on any atom is 0.268 e. The Morgan fingerprint density at radius 2 is 1.89 bits per heavy atom. The van der Waals surface area contributed by atoms with Crippen LogP contribution >= 0.6 is 0 Å². The molecule has 1 aliphatic heterocycles. The lowest BCUT2D eigenvalue weighted by Gasteiger charge is -2.19. The van der Waals surface area contributed by atoms with Crippen molar-refractivity contribution in [3.8, 4) is 0 Å². The Kier molecular flexibility index (Phi) is 2.83. The number of benzene rings is 1. The summed E-state index contributed by atoms with van der Waals surface area (Å²) in [4.78, 5) is 22.3. The minimum atomic E-state index is -0.230. The van der Waals surface area contributed by atoms with Crippen LogP contribution in [-0.2, 0) is 4.79 Å². The third-order valence-electron chi connectivity index (χ3n) is 3.23. The summed E-state index contributed by atoms with van der Waals surface area (Å²) < 4.78 is 0. The molecule has 94 valence electrons. The average molecular weight is 251 g/mol. The molecule has 2 aromatic rings. The SMILES string of the molecule is CN1C(=O)C=NC(c2ccccn2)c2ccccc21. The minimum Gasteiger partial charge on any atom is -0.310 e. The highest BCUT2D eigenvalue weighted by Crippen LogP contribution is 2.33. The predicted octanol–water partition coefficient (Wildman–Crippen LogP) is 2.22. The molecule has 1 atom stereocenters. The summed E-state index contributed by atoms with van der Waals surface area (Å²) in [5, 5.41) is 0. The number of fused-ring (bicyclic) bond motifs is 1. The van der Waals surface area contributed by atoms with E-state index in [1.807, 2.05) is 42.5 Å². The number of para-hydroxylation sites is 1. The first-order valence-corrected chi connectivity index (χ1v) is 6.08. The summed E-state index contributed by atoms with van der Waals surface area (Å²) in [5.74, 6) is -0.120. The minimum absolute atomic E-state index is 0.120. The van der Waals surface area contributed by atoms with E-state index in [1.54, 1.807) is 18.1 Å². The van der Waals surface area contributed by atoms with Gasteiger partial charge >= 0.3 is 0 Å². The van der Waals surface area contributed by atoms with E-state index in [0.717, 1.165) is 16.9 Å². The summed E-state index contributed by atoms with van der Waals surface area (Å²) in [5.41, 5.74) is 2.71. The molecule has 0 bridgehead atoms. The molecule has 4 nitrogen and oxygen atoms in total. The van der Waals surface area contributed by atoms with Crippen molar-refractivity contribution in [3.63, 3.8) is 0 Å². The Hall–Kier alpha value is -2.49. The first kappa shape index (κ1) is 11.6. The van der Waals surface area contributed by atoms with Gasteiger partial charge in [0.1, 0.15) is 6.04 Å². The highest BCUT2D eigenvalue weighted by molar-refractivity contribution is 6.33. The van der Waals surface area contributed by atoms with Crippen molar-refractivity contribution in [3.05, 3.63) is 59.9 Å². The van der Waals surface area contributed by atoms with Gasteiger partial charge in [0.25, 0.3) is 5.91 Å². The molecule has 2 heterocycles. The van der Waals surface area contributed by atoms with Crippen LogP contribution in [0.15, 0.2) is 53.7 Å². The molecule has 1 aromatic heterocycles. The molecule has 1 aromatic carbocycles. The largest absolute Gasteiger partial charge is 0.310 e. The molecule has 0 radical (unpaired) electrons. The van der Waals surface area contributed by atoms with Crippen LogP contribution in [0.4, 0.5) is 5.69 Å². The van der Waals surface area contributed by atoms with Gasteiger partial charge in [-0.25, -0.2) is 0 Å². The standard InChI is InChI=1S/C15H13N3O/c1-18-13-8-3-2-6-11(13)15(17-10-14(18)19)12-7-4-5-9-16-12/h2-10,15H,1H3. The maximum absolute atomic E-state index is 11.9. The molecule has 1 amide bonds. The second-order valence-corrected chi connectivity index (χ2v) is 4.39. The van der Waals surface area contributed by atoms with Gasteiger partial charge in [0, 0.05) is 24.5 Å². The molecule has 3 rings (SSSR count). The van der Waals surface area contributed by atoms with Gasteiger partial charge in [-0.1, -0.05) is 24.3 Å². The maximum atomic E-state index is 11.9. The van der Waals surface area contributed by atoms with Crippen molar-refractivity contribution in [2.45, 2.75) is 6.04 Å². The van der Waals surface area contributed by atoms with E-state index in [4.69, 9.17) is 0 Å². The number of carbonyl (C=O) groups excluding carboxylic acids is 1. The molecule has 4 heteroatoms. The molecule has 0 aliphatic carbocycles. The topological polar surface area (TPSA) is 45.6 Å². The van der Waals surface area contributed by atoms with Gasteiger partial charge in [-0.15, -0.1) is 0 Å². The normalized spacial score (nSPS) is 18.1. The van der Waals surface area contributed by atoms with Crippen LogP contribution < -0.4 is 4.90 Å². The van der Waals surface area contributed by atoms with Crippen molar-refractivity contribution in [2.75, 3.05) is 11.9 Å². The van der Waals surface area contributed by atoms with Crippen LogP contribution in [0.5, 0.6) is 0 Å². The number of amides is 1. The van der Waals surface area contributed by atoms with Crippen molar-refractivity contribution < 1.29 is 4.79 Å². The summed E-state index contributed by atoms with van der Waals surface area (Å²) >= 11 is 0.